The standard InChI is InChI=1S/C17H13ClN4O2/c1-11-6-19-7-14(22-11)5-17(23)12-2-13(18)4-15(3-12)24-16-8-20-10-21-9-16/h2-4,6-10H,5H2,1H3. The number of hydrogen-bond acceptors (Lipinski definition) is 6. The molecule has 0 bridgehead atoms. The molecular weight excluding hydrogens is 328 g/mol. The van der Waals surface area contributed by atoms with Crippen molar-refractivity contribution >= 4 is 17.4 Å². The highest BCUT2D eigenvalue weighted by Gasteiger charge is 2.12. The lowest BCUT2D eigenvalue weighted by Gasteiger charge is -2.08. The van der Waals surface area contributed by atoms with Crippen LogP contribution in [0.4, 0.5) is 0 Å². The summed E-state index contributed by atoms with van der Waals surface area (Å²) in [5, 5.41) is 0.406. The monoisotopic (exact) mass is 340 g/mol. The minimum Gasteiger partial charge on any atom is -0.454 e. The van der Waals surface area contributed by atoms with E-state index in [0.717, 1.165) is 5.69 Å². The Kier molecular flexibility index (Phi) is 4.77. The van der Waals surface area contributed by atoms with Gasteiger partial charge in [0.1, 0.15) is 12.1 Å². The Morgan fingerprint density at radius 3 is 2.58 bits per heavy atom. The van der Waals surface area contributed by atoms with Gasteiger partial charge in [0.2, 0.25) is 0 Å². The van der Waals surface area contributed by atoms with E-state index in [9.17, 15) is 4.79 Å². The van der Waals surface area contributed by atoms with Crippen LogP contribution in [0.5, 0.6) is 11.5 Å². The second-order valence-corrected chi connectivity index (χ2v) is 5.54. The first-order valence-electron chi connectivity index (χ1n) is 7.14. The Morgan fingerprint density at radius 1 is 1.04 bits per heavy atom. The van der Waals surface area contributed by atoms with E-state index < -0.39 is 0 Å². The van der Waals surface area contributed by atoms with Crippen molar-refractivity contribution < 1.29 is 9.53 Å². The number of ketones is 1. The first kappa shape index (κ1) is 16.0. The molecule has 0 fully saturated rings. The number of benzene rings is 1. The first-order chi connectivity index (χ1) is 11.6. The van der Waals surface area contributed by atoms with Gasteiger partial charge in [-0.3, -0.25) is 14.8 Å². The SMILES string of the molecule is Cc1cncc(CC(=O)c2cc(Cl)cc(Oc3cncnc3)c2)n1. The van der Waals surface area contributed by atoms with E-state index >= 15 is 0 Å². The lowest BCUT2D eigenvalue weighted by atomic mass is 10.1. The minimum atomic E-state index is -0.119. The van der Waals surface area contributed by atoms with Gasteiger partial charge in [-0.1, -0.05) is 11.6 Å². The smallest absolute Gasteiger partial charge is 0.169 e. The summed E-state index contributed by atoms with van der Waals surface area (Å²) >= 11 is 6.10. The van der Waals surface area contributed by atoms with E-state index in [1.807, 2.05) is 6.92 Å². The molecule has 0 unspecified atom stereocenters. The maximum atomic E-state index is 12.5. The van der Waals surface area contributed by atoms with Crippen molar-refractivity contribution in [3.8, 4) is 11.5 Å². The van der Waals surface area contributed by atoms with Crippen LogP contribution in [-0.4, -0.2) is 25.7 Å². The van der Waals surface area contributed by atoms with Gasteiger partial charge < -0.3 is 4.74 Å². The molecule has 2 aromatic heterocycles. The molecule has 0 amide bonds. The topological polar surface area (TPSA) is 77.9 Å². The minimum absolute atomic E-state index is 0.119. The van der Waals surface area contributed by atoms with Crippen LogP contribution in [0, 0.1) is 6.92 Å². The summed E-state index contributed by atoms with van der Waals surface area (Å²) in [6.45, 7) is 1.83. The van der Waals surface area contributed by atoms with E-state index in [-0.39, 0.29) is 12.2 Å². The molecule has 0 N–H and O–H groups in total. The molecule has 3 rings (SSSR count). The van der Waals surface area contributed by atoms with E-state index in [4.69, 9.17) is 16.3 Å². The second kappa shape index (κ2) is 7.14. The molecule has 0 saturated heterocycles. The summed E-state index contributed by atoms with van der Waals surface area (Å²) in [5.74, 6) is 0.783. The Balaban J connectivity index is 1.81. The fraction of sp³-hybridized carbons (Fsp3) is 0.118. The van der Waals surface area contributed by atoms with Crippen molar-refractivity contribution in [3.05, 3.63) is 71.3 Å². The quantitative estimate of drug-likeness (QED) is 0.662. The third-order valence-electron chi connectivity index (χ3n) is 3.11. The zero-order valence-electron chi connectivity index (χ0n) is 12.8. The number of ether oxygens (including phenoxy) is 1. The lowest BCUT2D eigenvalue weighted by molar-refractivity contribution is 0.0991. The van der Waals surface area contributed by atoms with E-state index in [2.05, 4.69) is 19.9 Å². The van der Waals surface area contributed by atoms with Gasteiger partial charge in [-0.25, -0.2) is 9.97 Å². The van der Waals surface area contributed by atoms with E-state index in [1.54, 1.807) is 30.6 Å². The number of aryl methyl sites for hydroxylation is 1. The summed E-state index contributed by atoms with van der Waals surface area (Å²) in [6, 6.07) is 4.85. The Morgan fingerprint density at radius 2 is 1.83 bits per heavy atom. The zero-order chi connectivity index (χ0) is 16.9. The zero-order valence-corrected chi connectivity index (χ0v) is 13.6. The van der Waals surface area contributed by atoms with Gasteiger partial charge in [0.05, 0.1) is 30.2 Å². The van der Waals surface area contributed by atoms with Crippen LogP contribution < -0.4 is 4.74 Å². The number of rotatable bonds is 5. The molecule has 0 spiro atoms. The number of carbonyl (C=O) groups excluding carboxylic acids is 1. The fourth-order valence-electron chi connectivity index (χ4n) is 2.12. The van der Waals surface area contributed by atoms with Crippen molar-refractivity contribution in [1.82, 2.24) is 19.9 Å². The summed E-state index contributed by atoms with van der Waals surface area (Å²) in [7, 11) is 0. The third kappa shape index (κ3) is 4.11. The van der Waals surface area contributed by atoms with Crippen molar-refractivity contribution in [1.29, 1.82) is 0 Å². The van der Waals surface area contributed by atoms with Crippen molar-refractivity contribution in [3.63, 3.8) is 0 Å². The van der Waals surface area contributed by atoms with Gasteiger partial charge in [-0.15, -0.1) is 0 Å². The molecule has 1 aromatic carbocycles. The maximum absolute atomic E-state index is 12.5. The molecule has 0 aliphatic rings. The van der Waals surface area contributed by atoms with Gasteiger partial charge in [-0.05, 0) is 25.1 Å². The number of carbonyl (C=O) groups is 1. The predicted octanol–water partition coefficient (Wildman–Crippen LogP) is 3.45. The summed E-state index contributed by atoms with van der Waals surface area (Å²) in [5.41, 5.74) is 1.82. The number of Topliss-reactive ketones (excluding diaryl/α,β-unsaturated/α-hetero) is 1. The number of halogens is 1. The van der Waals surface area contributed by atoms with Gasteiger partial charge >= 0.3 is 0 Å². The largest absolute Gasteiger partial charge is 0.454 e. The van der Waals surface area contributed by atoms with E-state index in [0.29, 0.717) is 27.8 Å². The molecule has 2 heterocycles. The average molecular weight is 341 g/mol. The Bertz CT molecular complexity index is 871. The molecule has 0 saturated carbocycles. The van der Waals surface area contributed by atoms with Gasteiger partial charge in [0, 0.05) is 23.0 Å². The van der Waals surface area contributed by atoms with Crippen LogP contribution >= 0.6 is 11.6 Å². The van der Waals surface area contributed by atoms with Crippen LogP contribution in [0.3, 0.4) is 0 Å². The van der Waals surface area contributed by atoms with Crippen LogP contribution in [0.1, 0.15) is 21.7 Å². The molecule has 0 aliphatic heterocycles. The van der Waals surface area contributed by atoms with Gasteiger partial charge in [0.15, 0.2) is 11.5 Å². The van der Waals surface area contributed by atoms with Crippen LogP contribution in [0.2, 0.25) is 5.02 Å². The maximum Gasteiger partial charge on any atom is 0.169 e. The highest BCUT2D eigenvalue weighted by atomic mass is 35.5. The molecule has 0 atom stereocenters. The molecule has 0 radical (unpaired) electrons. The molecular formula is C17H13ClN4O2. The highest BCUT2D eigenvalue weighted by Crippen LogP contribution is 2.26. The molecule has 120 valence electrons. The predicted molar refractivity (Wildman–Crippen MR) is 88.4 cm³/mol. The fourth-order valence-corrected chi connectivity index (χ4v) is 2.35. The Labute approximate surface area is 143 Å². The van der Waals surface area contributed by atoms with Gasteiger partial charge in [0.25, 0.3) is 0 Å². The highest BCUT2D eigenvalue weighted by molar-refractivity contribution is 6.31. The van der Waals surface area contributed by atoms with Crippen LogP contribution in [0.15, 0.2) is 49.3 Å². The molecule has 6 nitrogen and oxygen atoms in total. The number of nitrogens with zero attached hydrogens (tertiary/aromatic N) is 4. The van der Waals surface area contributed by atoms with Gasteiger partial charge in [-0.2, -0.15) is 0 Å². The number of hydrogen-bond donors (Lipinski definition) is 0. The summed E-state index contributed by atoms with van der Waals surface area (Å²) < 4.78 is 5.63. The molecule has 0 aliphatic carbocycles. The lowest BCUT2D eigenvalue weighted by Crippen LogP contribution is -2.06. The molecule has 3 aromatic rings. The molecule has 7 heteroatoms. The summed E-state index contributed by atoms with van der Waals surface area (Å²) in [6.07, 6.45) is 7.82. The Hall–Kier alpha value is -2.86. The average Bonchev–Trinajstić information content (AvgIpc) is 2.55. The number of aromatic nitrogens is 4. The molecule has 24 heavy (non-hydrogen) atoms. The van der Waals surface area contributed by atoms with Crippen LogP contribution in [0.25, 0.3) is 0 Å². The van der Waals surface area contributed by atoms with E-state index in [1.165, 1.54) is 18.7 Å². The first-order valence-corrected chi connectivity index (χ1v) is 7.52. The third-order valence-corrected chi connectivity index (χ3v) is 3.33. The normalized spacial score (nSPS) is 10.4. The van der Waals surface area contributed by atoms with Crippen molar-refractivity contribution in [2.24, 2.45) is 0 Å². The van der Waals surface area contributed by atoms with Crippen molar-refractivity contribution in [2.45, 2.75) is 13.3 Å². The van der Waals surface area contributed by atoms with Crippen molar-refractivity contribution in [2.75, 3.05) is 0 Å². The van der Waals surface area contributed by atoms with Crippen LogP contribution in [-0.2, 0) is 6.42 Å². The summed E-state index contributed by atoms with van der Waals surface area (Å²) in [4.78, 5) is 28.6. The second-order valence-electron chi connectivity index (χ2n) is 5.10.